The van der Waals surface area contributed by atoms with Crippen LogP contribution in [0.25, 0.3) is 21.8 Å². The number of esters is 1. The Morgan fingerprint density at radius 3 is 2.54 bits per heavy atom. The molecule has 0 atom stereocenters. The van der Waals surface area contributed by atoms with Gasteiger partial charge in [-0.25, -0.2) is 14.2 Å². The molecule has 0 fully saturated rings. The van der Waals surface area contributed by atoms with E-state index in [9.17, 15) is 9.59 Å². The fourth-order valence-corrected chi connectivity index (χ4v) is 2.73. The second kappa shape index (κ2) is 5.70. The predicted octanol–water partition coefficient (Wildman–Crippen LogP) is 4.08. The van der Waals surface area contributed by atoms with Gasteiger partial charge in [0.2, 0.25) is 0 Å². The number of hydrogen-bond acceptors (Lipinski definition) is 4. The lowest BCUT2D eigenvalue weighted by atomic mass is 10.2. The Labute approximate surface area is 139 Å². The van der Waals surface area contributed by atoms with Crippen LogP contribution in [0.4, 0.5) is 4.79 Å². The Morgan fingerprint density at radius 2 is 1.88 bits per heavy atom. The highest BCUT2D eigenvalue weighted by Gasteiger charge is 2.26. The van der Waals surface area contributed by atoms with E-state index in [2.05, 4.69) is 4.98 Å². The highest BCUT2D eigenvalue weighted by atomic mass is 16.6. The molecule has 24 heavy (non-hydrogen) atoms. The molecular weight excluding hydrogens is 308 g/mol. The van der Waals surface area contributed by atoms with Gasteiger partial charge in [-0.2, -0.15) is 0 Å². The van der Waals surface area contributed by atoms with Crippen LogP contribution < -0.4 is 0 Å². The quantitative estimate of drug-likeness (QED) is 0.719. The summed E-state index contributed by atoms with van der Waals surface area (Å²) in [5, 5.41) is 1.64. The summed E-state index contributed by atoms with van der Waals surface area (Å²) in [5.74, 6) is -0.500. The second-order valence-corrected chi connectivity index (χ2v) is 6.48. The molecule has 3 aromatic rings. The maximum absolute atomic E-state index is 12.8. The molecule has 0 aliphatic heterocycles. The minimum atomic E-state index is -0.644. The van der Waals surface area contributed by atoms with Crippen LogP contribution in [0.5, 0.6) is 0 Å². The average Bonchev–Trinajstić information content (AvgIpc) is 3.03. The van der Waals surface area contributed by atoms with Crippen LogP contribution in [-0.4, -0.2) is 33.8 Å². The molecule has 3 rings (SSSR count). The third-order valence-electron chi connectivity index (χ3n) is 3.57. The van der Waals surface area contributed by atoms with Crippen molar-refractivity contribution in [3.8, 4) is 0 Å². The molecule has 0 amide bonds. The molecule has 0 bridgehead atoms. The highest BCUT2D eigenvalue weighted by molar-refractivity contribution is 6.17. The average molecular weight is 328 g/mol. The van der Waals surface area contributed by atoms with E-state index in [1.165, 1.54) is 4.57 Å². The standard InChI is InChI=1S/C18H20N2O4/c1-5-23-16(21)14-15-12(10-19-14)11-8-6-7-9-13(11)20(15)17(22)24-18(2,3)4/h6-10,19H,5H2,1-4H3. The van der Waals surface area contributed by atoms with Crippen molar-refractivity contribution < 1.29 is 19.1 Å². The van der Waals surface area contributed by atoms with Crippen LogP contribution in [0.3, 0.4) is 0 Å². The zero-order chi connectivity index (χ0) is 17.5. The molecule has 0 spiro atoms. The molecule has 0 unspecified atom stereocenters. The molecule has 0 aliphatic rings. The van der Waals surface area contributed by atoms with Crippen molar-refractivity contribution in [2.24, 2.45) is 0 Å². The largest absolute Gasteiger partial charge is 0.461 e. The summed E-state index contributed by atoms with van der Waals surface area (Å²) in [6.45, 7) is 7.40. The fraction of sp³-hybridized carbons (Fsp3) is 0.333. The predicted molar refractivity (Wildman–Crippen MR) is 91.4 cm³/mol. The second-order valence-electron chi connectivity index (χ2n) is 6.48. The number of carbonyl (C=O) groups is 2. The minimum Gasteiger partial charge on any atom is -0.461 e. The molecule has 1 aromatic carbocycles. The third-order valence-corrected chi connectivity index (χ3v) is 3.57. The molecule has 0 saturated carbocycles. The summed E-state index contributed by atoms with van der Waals surface area (Å²) < 4.78 is 12.0. The van der Waals surface area contributed by atoms with Crippen molar-refractivity contribution in [1.82, 2.24) is 9.55 Å². The first kappa shape index (κ1) is 16.1. The van der Waals surface area contributed by atoms with E-state index in [4.69, 9.17) is 9.47 Å². The zero-order valence-electron chi connectivity index (χ0n) is 14.2. The maximum Gasteiger partial charge on any atom is 0.419 e. The number of ether oxygens (including phenoxy) is 2. The molecule has 6 nitrogen and oxygen atoms in total. The first-order valence-electron chi connectivity index (χ1n) is 7.84. The van der Waals surface area contributed by atoms with Gasteiger partial charge >= 0.3 is 12.1 Å². The summed E-state index contributed by atoms with van der Waals surface area (Å²) in [5.41, 5.74) is 0.768. The third kappa shape index (κ3) is 2.64. The van der Waals surface area contributed by atoms with Gasteiger partial charge in [0.05, 0.1) is 17.6 Å². The Morgan fingerprint density at radius 1 is 1.17 bits per heavy atom. The molecule has 2 heterocycles. The van der Waals surface area contributed by atoms with Crippen molar-refractivity contribution in [3.05, 3.63) is 36.2 Å². The molecule has 126 valence electrons. The molecule has 0 aliphatic carbocycles. The zero-order valence-corrected chi connectivity index (χ0v) is 14.2. The van der Waals surface area contributed by atoms with E-state index in [-0.39, 0.29) is 12.3 Å². The first-order valence-corrected chi connectivity index (χ1v) is 7.84. The number of rotatable bonds is 2. The Balaban J connectivity index is 2.28. The van der Waals surface area contributed by atoms with E-state index in [0.29, 0.717) is 11.0 Å². The summed E-state index contributed by atoms with van der Waals surface area (Å²) in [7, 11) is 0. The number of aromatic nitrogens is 2. The van der Waals surface area contributed by atoms with Gasteiger partial charge < -0.3 is 14.5 Å². The lowest BCUT2D eigenvalue weighted by Gasteiger charge is -2.20. The van der Waals surface area contributed by atoms with Crippen molar-refractivity contribution in [1.29, 1.82) is 0 Å². The number of aromatic amines is 1. The van der Waals surface area contributed by atoms with E-state index < -0.39 is 17.7 Å². The van der Waals surface area contributed by atoms with Gasteiger partial charge in [0.15, 0.2) is 0 Å². The minimum absolute atomic E-state index is 0.244. The summed E-state index contributed by atoms with van der Waals surface area (Å²) >= 11 is 0. The molecular formula is C18H20N2O4. The van der Waals surface area contributed by atoms with E-state index in [1.807, 2.05) is 24.3 Å². The molecule has 0 radical (unpaired) electrons. The smallest absolute Gasteiger partial charge is 0.419 e. The van der Waals surface area contributed by atoms with Gasteiger partial charge in [-0.05, 0) is 33.8 Å². The maximum atomic E-state index is 12.8. The van der Waals surface area contributed by atoms with Gasteiger partial charge in [-0.15, -0.1) is 0 Å². The lowest BCUT2D eigenvalue weighted by molar-refractivity contribution is 0.0522. The van der Waals surface area contributed by atoms with Gasteiger partial charge in [0.25, 0.3) is 0 Å². The summed E-state index contributed by atoms with van der Waals surface area (Å²) in [6.07, 6.45) is 1.18. The summed E-state index contributed by atoms with van der Waals surface area (Å²) in [4.78, 5) is 27.9. The molecule has 6 heteroatoms. The molecule has 2 aromatic heterocycles. The SMILES string of the molecule is CCOC(=O)c1[nH]cc2c3ccccc3n(C(=O)OC(C)(C)C)c12. The number of hydrogen-bond donors (Lipinski definition) is 1. The summed E-state index contributed by atoms with van der Waals surface area (Å²) in [6, 6.07) is 7.46. The Hall–Kier alpha value is -2.76. The molecule has 1 N–H and O–H groups in total. The van der Waals surface area contributed by atoms with E-state index in [0.717, 1.165) is 10.8 Å². The highest BCUT2D eigenvalue weighted by Crippen LogP contribution is 2.32. The van der Waals surface area contributed by atoms with Crippen LogP contribution in [0.15, 0.2) is 30.5 Å². The van der Waals surface area contributed by atoms with Crippen molar-refractivity contribution in [3.63, 3.8) is 0 Å². The van der Waals surface area contributed by atoms with Crippen LogP contribution in [0.1, 0.15) is 38.2 Å². The first-order chi connectivity index (χ1) is 11.3. The molecule has 0 saturated heterocycles. The van der Waals surface area contributed by atoms with Crippen LogP contribution in [0.2, 0.25) is 0 Å². The van der Waals surface area contributed by atoms with E-state index >= 15 is 0 Å². The van der Waals surface area contributed by atoms with Crippen molar-refractivity contribution in [2.45, 2.75) is 33.3 Å². The van der Waals surface area contributed by atoms with Gasteiger partial charge in [-0.1, -0.05) is 18.2 Å². The Bertz CT molecular complexity index is 928. The number of nitrogens with one attached hydrogen (secondary N) is 1. The van der Waals surface area contributed by atoms with E-state index in [1.54, 1.807) is 33.9 Å². The van der Waals surface area contributed by atoms with Gasteiger partial charge in [0.1, 0.15) is 11.3 Å². The number of benzene rings is 1. The monoisotopic (exact) mass is 328 g/mol. The number of nitrogens with zero attached hydrogens (tertiary/aromatic N) is 1. The van der Waals surface area contributed by atoms with Crippen molar-refractivity contribution in [2.75, 3.05) is 6.61 Å². The van der Waals surface area contributed by atoms with Crippen LogP contribution in [-0.2, 0) is 9.47 Å². The Kier molecular flexibility index (Phi) is 3.83. The number of para-hydroxylation sites is 1. The van der Waals surface area contributed by atoms with Crippen LogP contribution in [0, 0.1) is 0 Å². The normalized spacial score (nSPS) is 11.8. The van der Waals surface area contributed by atoms with Crippen LogP contribution >= 0.6 is 0 Å². The number of carbonyl (C=O) groups excluding carboxylic acids is 2. The van der Waals surface area contributed by atoms with Gasteiger partial charge in [0, 0.05) is 17.0 Å². The van der Waals surface area contributed by atoms with Crippen molar-refractivity contribution >= 4 is 33.9 Å². The topological polar surface area (TPSA) is 73.3 Å². The van der Waals surface area contributed by atoms with Gasteiger partial charge in [-0.3, -0.25) is 0 Å². The number of H-pyrrole nitrogens is 1. The lowest BCUT2D eigenvalue weighted by Crippen LogP contribution is -2.27. The number of fused-ring (bicyclic) bond motifs is 3. The fourth-order valence-electron chi connectivity index (χ4n) is 2.73.